The van der Waals surface area contributed by atoms with Crippen molar-refractivity contribution in [3.8, 4) is 0 Å². The lowest BCUT2D eigenvalue weighted by Gasteiger charge is -2.36. The van der Waals surface area contributed by atoms with E-state index in [1.54, 1.807) is 13.8 Å². The van der Waals surface area contributed by atoms with Crippen molar-refractivity contribution in [3.63, 3.8) is 0 Å². The Morgan fingerprint density at radius 3 is 1.58 bits per heavy atom. The van der Waals surface area contributed by atoms with E-state index in [1.165, 1.54) is 16.7 Å². The number of nitrogens with zero attached hydrogens (tertiary/aromatic N) is 2. The van der Waals surface area contributed by atoms with Crippen LogP contribution in [-0.2, 0) is 0 Å². The summed E-state index contributed by atoms with van der Waals surface area (Å²) in [6.45, 7) is 4.76. The minimum absolute atomic E-state index is 0.00386. The monoisotopic (exact) mass is 374 g/mol. The van der Waals surface area contributed by atoms with E-state index in [4.69, 9.17) is 0 Å². The molecule has 2 nitrogen and oxygen atoms in total. The fourth-order valence-corrected chi connectivity index (χ4v) is 3.60. The fraction of sp³-hybridized carbons (Fsp3) is 0.333. The van der Waals surface area contributed by atoms with Gasteiger partial charge in [0, 0.05) is 30.8 Å². The Hall–Kier alpha value is -2.38. The van der Waals surface area contributed by atoms with Crippen molar-refractivity contribution in [2.24, 2.45) is 0 Å². The van der Waals surface area contributed by atoms with Gasteiger partial charge in [-0.1, -0.05) is 0 Å². The number of anilines is 2. The molecule has 1 saturated heterocycles. The van der Waals surface area contributed by atoms with E-state index in [0.717, 1.165) is 0 Å². The van der Waals surface area contributed by atoms with Gasteiger partial charge in [0.2, 0.25) is 0 Å². The van der Waals surface area contributed by atoms with Crippen LogP contribution >= 0.6 is 0 Å². The first-order valence-electron chi connectivity index (χ1n) is 7.88. The summed E-state index contributed by atoms with van der Waals surface area (Å²) in [6, 6.07) is 2.17. The minimum Gasteiger partial charge on any atom is -0.344 e. The fourth-order valence-electron chi connectivity index (χ4n) is 3.60. The smallest absolute Gasteiger partial charge is 0.152 e. The number of halogens is 6. The number of rotatable bonds is 2. The first kappa shape index (κ1) is 18.4. The Morgan fingerprint density at radius 2 is 1.15 bits per heavy atom. The highest BCUT2D eigenvalue weighted by atomic mass is 19.2. The quantitative estimate of drug-likeness (QED) is 0.685. The van der Waals surface area contributed by atoms with Gasteiger partial charge in [0.05, 0.1) is 11.7 Å². The summed E-state index contributed by atoms with van der Waals surface area (Å²) in [6.07, 6.45) is -0.881. The van der Waals surface area contributed by atoms with Crippen LogP contribution < -0.4 is 9.80 Å². The van der Waals surface area contributed by atoms with Gasteiger partial charge in [-0.15, -0.1) is 0 Å². The molecule has 1 atom stereocenters. The van der Waals surface area contributed by atoms with Crippen molar-refractivity contribution in [1.29, 1.82) is 0 Å². The zero-order valence-electron chi connectivity index (χ0n) is 14.3. The Balaban J connectivity index is 2.12. The van der Waals surface area contributed by atoms with Crippen LogP contribution in [0.3, 0.4) is 0 Å². The Kier molecular flexibility index (Phi) is 4.32. The summed E-state index contributed by atoms with van der Waals surface area (Å²) < 4.78 is 83.4. The number of benzene rings is 2. The molecule has 0 bridgehead atoms. The predicted octanol–water partition coefficient (Wildman–Crippen LogP) is 4.97. The molecule has 1 heterocycles. The van der Waals surface area contributed by atoms with Crippen molar-refractivity contribution in [1.82, 2.24) is 0 Å². The molecule has 0 radical (unpaired) electrons. The topological polar surface area (TPSA) is 6.48 Å². The summed E-state index contributed by atoms with van der Waals surface area (Å²) in [7, 11) is 0. The van der Waals surface area contributed by atoms with Crippen molar-refractivity contribution < 1.29 is 26.3 Å². The van der Waals surface area contributed by atoms with E-state index in [9.17, 15) is 26.3 Å². The lowest BCUT2D eigenvalue weighted by atomic mass is 10.0. The van der Waals surface area contributed by atoms with Gasteiger partial charge in [-0.3, -0.25) is 0 Å². The van der Waals surface area contributed by atoms with Crippen LogP contribution in [0.5, 0.6) is 0 Å². The van der Waals surface area contributed by atoms with E-state index >= 15 is 0 Å². The third-order valence-corrected chi connectivity index (χ3v) is 4.53. The molecule has 0 unspecified atom stereocenters. The molecule has 0 saturated carbocycles. The zero-order valence-corrected chi connectivity index (χ0v) is 14.3. The summed E-state index contributed by atoms with van der Waals surface area (Å²) in [4.78, 5) is 2.55. The molecular formula is C18H16F6N2. The van der Waals surface area contributed by atoms with E-state index in [-0.39, 0.29) is 6.54 Å². The number of hydrogen-bond acceptors (Lipinski definition) is 2. The van der Waals surface area contributed by atoms with Crippen LogP contribution in [0, 0.1) is 34.9 Å². The SMILES string of the molecule is C[C@H]1N(c2c(F)cc(F)cc2F)CC(C)(C)N1c1c(F)cc(F)cc1F. The second-order valence-corrected chi connectivity index (χ2v) is 6.88. The lowest BCUT2D eigenvalue weighted by Crippen LogP contribution is -2.45. The van der Waals surface area contributed by atoms with Gasteiger partial charge < -0.3 is 9.80 Å². The van der Waals surface area contributed by atoms with Gasteiger partial charge in [0.1, 0.15) is 23.0 Å². The maximum atomic E-state index is 14.3. The van der Waals surface area contributed by atoms with Gasteiger partial charge in [0.15, 0.2) is 23.3 Å². The highest BCUT2D eigenvalue weighted by molar-refractivity contribution is 5.61. The van der Waals surface area contributed by atoms with Crippen molar-refractivity contribution in [2.45, 2.75) is 32.5 Å². The molecule has 8 heteroatoms. The molecule has 0 spiro atoms. The second kappa shape index (κ2) is 6.10. The Morgan fingerprint density at radius 1 is 0.769 bits per heavy atom. The maximum Gasteiger partial charge on any atom is 0.152 e. The van der Waals surface area contributed by atoms with Gasteiger partial charge >= 0.3 is 0 Å². The number of hydrogen-bond donors (Lipinski definition) is 0. The third kappa shape index (κ3) is 2.87. The van der Waals surface area contributed by atoms with Crippen molar-refractivity contribution in [2.75, 3.05) is 16.3 Å². The highest BCUT2D eigenvalue weighted by Gasteiger charge is 2.46. The average molecular weight is 374 g/mol. The predicted molar refractivity (Wildman–Crippen MR) is 86.0 cm³/mol. The minimum atomic E-state index is -1.12. The van der Waals surface area contributed by atoms with Crippen LogP contribution in [0.15, 0.2) is 24.3 Å². The Bertz CT molecular complexity index is 821. The molecule has 2 aromatic carbocycles. The van der Waals surface area contributed by atoms with Gasteiger partial charge in [-0.05, 0) is 20.8 Å². The van der Waals surface area contributed by atoms with E-state index in [0.29, 0.717) is 24.3 Å². The second-order valence-electron chi connectivity index (χ2n) is 6.88. The van der Waals surface area contributed by atoms with E-state index in [2.05, 4.69) is 0 Å². The molecule has 0 N–H and O–H groups in total. The molecule has 1 fully saturated rings. The molecule has 0 aliphatic carbocycles. The average Bonchev–Trinajstić information content (AvgIpc) is 2.69. The van der Waals surface area contributed by atoms with Crippen LogP contribution in [-0.4, -0.2) is 18.2 Å². The molecule has 2 aromatic rings. The first-order chi connectivity index (χ1) is 12.0. The van der Waals surface area contributed by atoms with Crippen molar-refractivity contribution in [3.05, 3.63) is 59.2 Å². The largest absolute Gasteiger partial charge is 0.344 e. The van der Waals surface area contributed by atoms with E-state index < -0.39 is 58.0 Å². The van der Waals surface area contributed by atoms with Crippen LogP contribution in [0.1, 0.15) is 20.8 Å². The molecular weight excluding hydrogens is 358 g/mol. The highest BCUT2D eigenvalue weighted by Crippen LogP contribution is 2.41. The molecule has 3 rings (SSSR count). The van der Waals surface area contributed by atoms with Gasteiger partial charge in [0.25, 0.3) is 0 Å². The maximum absolute atomic E-state index is 14.3. The van der Waals surface area contributed by atoms with Gasteiger partial charge in [-0.25, -0.2) is 26.3 Å². The summed E-state index contributed by atoms with van der Waals surface area (Å²) >= 11 is 0. The van der Waals surface area contributed by atoms with Crippen LogP contribution in [0.4, 0.5) is 37.7 Å². The third-order valence-electron chi connectivity index (χ3n) is 4.53. The molecule has 0 aromatic heterocycles. The zero-order chi connectivity index (χ0) is 19.4. The molecule has 1 aliphatic rings. The molecule has 1 aliphatic heterocycles. The normalized spacial score (nSPS) is 19.3. The standard InChI is InChI=1S/C18H16F6N2/c1-9-25(16-12(21)4-10(19)5-13(16)22)8-18(2,3)26(9)17-14(23)6-11(20)7-15(17)24/h4-7,9H,8H2,1-3H3/t9-/m0/s1. The lowest BCUT2D eigenvalue weighted by molar-refractivity contribution is 0.486. The summed E-state index contributed by atoms with van der Waals surface area (Å²) in [5, 5.41) is 0. The van der Waals surface area contributed by atoms with E-state index in [1.807, 2.05) is 0 Å². The summed E-state index contributed by atoms with van der Waals surface area (Å²) in [5.41, 5.74) is -1.93. The van der Waals surface area contributed by atoms with Gasteiger partial charge in [-0.2, -0.15) is 0 Å². The molecule has 0 amide bonds. The van der Waals surface area contributed by atoms with Crippen molar-refractivity contribution >= 4 is 11.4 Å². The molecule has 26 heavy (non-hydrogen) atoms. The van der Waals surface area contributed by atoms with Crippen LogP contribution in [0.25, 0.3) is 0 Å². The van der Waals surface area contributed by atoms with Crippen LogP contribution in [0.2, 0.25) is 0 Å². The molecule has 140 valence electrons. The Labute approximate surface area is 146 Å². The first-order valence-corrected chi connectivity index (χ1v) is 7.88. The summed E-state index contributed by atoms with van der Waals surface area (Å²) in [5.74, 6) is -6.61.